The zero-order chi connectivity index (χ0) is 9.97. The summed E-state index contributed by atoms with van der Waals surface area (Å²) in [4.78, 5) is 4.04. The van der Waals surface area contributed by atoms with E-state index in [-0.39, 0.29) is 0 Å². The molecule has 14 heavy (non-hydrogen) atoms. The van der Waals surface area contributed by atoms with E-state index in [0.29, 0.717) is 0 Å². The van der Waals surface area contributed by atoms with Gasteiger partial charge in [0.15, 0.2) is 0 Å². The van der Waals surface area contributed by atoms with Crippen molar-refractivity contribution in [2.45, 2.75) is 19.9 Å². The van der Waals surface area contributed by atoms with Crippen LogP contribution in [-0.4, -0.2) is 24.5 Å². The molecule has 3 heteroatoms. The van der Waals surface area contributed by atoms with Gasteiger partial charge >= 0.3 is 0 Å². The predicted molar refractivity (Wildman–Crippen MR) is 61.5 cm³/mol. The Kier molecular flexibility index (Phi) is 3.21. The minimum Gasteiger partial charge on any atom is -0.330 e. The molecule has 0 saturated carbocycles. The largest absolute Gasteiger partial charge is 0.330 e. The van der Waals surface area contributed by atoms with Crippen LogP contribution in [0.5, 0.6) is 0 Å². The van der Waals surface area contributed by atoms with Crippen LogP contribution in [0.2, 0.25) is 0 Å². The highest BCUT2D eigenvalue weighted by Gasteiger charge is 2.21. The third-order valence-electron chi connectivity index (χ3n) is 3.04. The van der Waals surface area contributed by atoms with Crippen LogP contribution in [0.3, 0.4) is 0 Å². The molecular formula is C11H18N2S. The van der Waals surface area contributed by atoms with E-state index in [1.807, 2.05) is 11.3 Å². The molecule has 1 unspecified atom stereocenters. The van der Waals surface area contributed by atoms with Crippen LogP contribution >= 0.6 is 11.3 Å². The Morgan fingerprint density at radius 2 is 2.50 bits per heavy atom. The molecular weight excluding hydrogens is 192 g/mol. The maximum Gasteiger partial charge on any atom is 0.0330 e. The van der Waals surface area contributed by atoms with E-state index in [0.717, 1.165) is 19.0 Å². The third-order valence-corrected chi connectivity index (χ3v) is 4.05. The van der Waals surface area contributed by atoms with Crippen LogP contribution in [-0.2, 0) is 6.54 Å². The van der Waals surface area contributed by atoms with Gasteiger partial charge in [-0.3, -0.25) is 4.90 Å². The molecule has 0 radical (unpaired) electrons. The monoisotopic (exact) mass is 210 g/mol. The van der Waals surface area contributed by atoms with Gasteiger partial charge in [-0.15, -0.1) is 11.3 Å². The molecule has 2 rings (SSSR count). The molecule has 0 bridgehead atoms. The van der Waals surface area contributed by atoms with E-state index < -0.39 is 0 Å². The molecule has 0 aromatic carbocycles. The van der Waals surface area contributed by atoms with Crippen molar-refractivity contribution in [3.05, 3.63) is 21.9 Å². The molecule has 0 spiro atoms. The minimum absolute atomic E-state index is 0.732. The average molecular weight is 210 g/mol. The summed E-state index contributed by atoms with van der Waals surface area (Å²) in [5.74, 6) is 0.732. The maximum atomic E-state index is 5.68. The zero-order valence-electron chi connectivity index (χ0n) is 8.70. The standard InChI is InChI=1S/C11H18N2S/c1-9-3-5-14-11(9)8-13-4-2-10(6-12)7-13/h3,5,10H,2,4,6-8,12H2,1H3. The molecule has 0 amide bonds. The molecule has 1 saturated heterocycles. The lowest BCUT2D eigenvalue weighted by Crippen LogP contribution is -2.22. The van der Waals surface area contributed by atoms with Gasteiger partial charge in [-0.05, 0) is 49.4 Å². The predicted octanol–water partition coefficient (Wildman–Crippen LogP) is 1.84. The minimum atomic E-state index is 0.732. The Balaban J connectivity index is 1.90. The fraction of sp³-hybridized carbons (Fsp3) is 0.636. The second-order valence-corrected chi connectivity index (χ2v) is 5.15. The van der Waals surface area contributed by atoms with E-state index in [9.17, 15) is 0 Å². The molecule has 1 aliphatic heterocycles. The van der Waals surface area contributed by atoms with Crippen molar-refractivity contribution in [3.8, 4) is 0 Å². The smallest absolute Gasteiger partial charge is 0.0330 e. The molecule has 1 atom stereocenters. The maximum absolute atomic E-state index is 5.68. The normalized spacial score (nSPS) is 23.1. The van der Waals surface area contributed by atoms with Crippen molar-refractivity contribution in [2.24, 2.45) is 11.7 Å². The topological polar surface area (TPSA) is 29.3 Å². The second-order valence-electron chi connectivity index (χ2n) is 4.15. The first kappa shape index (κ1) is 10.1. The van der Waals surface area contributed by atoms with Crippen molar-refractivity contribution in [3.63, 3.8) is 0 Å². The van der Waals surface area contributed by atoms with Crippen molar-refractivity contribution < 1.29 is 0 Å². The molecule has 78 valence electrons. The quantitative estimate of drug-likeness (QED) is 0.825. The molecule has 1 aromatic rings. The summed E-state index contributed by atoms with van der Waals surface area (Å²) in [6.07, 6.45) is 1.28. The highest BCUT2D eigenvalue weighted by molar-refractivity contribution is 7.10. The zero-order valence-corrected chi connectivity index (χ0v) is 9.52. The van der Waals surface area contributed by atoms with E-state index in [2.05, 4.69) is 23.3 Å². The summed E-state index contributed by atoms with van der Waals surface area (Å²) in [7, 11) is 0. The fourth-order valence-corrected chi connectivity index (χ4v) is 2.97. The molecule has 1 fully saturated rings. The number of likely N-dealkylation sites (tertiary alicyclic amines) is 1. The lowest BCUT2D eigenvalue weighted by Gasteiger charge is -2.14. The highest BCUT2D eigenvalue weighted by Crippen LogP contribution is 2.22. The SMILES string of the molecule is Cc1ccsc1CN1CCC(CN)C1. The summed E-state index contributed by atoms with van der Waals surface area (Å²) >= 11 is 1.87. The Morgan fingerprint density at radius 1 is 1.64 bits per heavy atom. The number of thiophene rings is 1. The number of nitrogens with two attached hydrogens (primary N) is 1. The first-order chi connectivity index (χ1) is 6.79. The lowest BCUT2D eigenvalue weighted by atomic mass is 10.1. The average Bonchev–Trinajstić information content (AvgIpc) is 2.77. The van der Waals surface area contributed by atoms with Crippen LogP contribution in [0.4, 0.5) is 0 Å². The van der Waals surface area contributed by atoms with E-state index >= 15 is 0 Å². The molecule has 2 nitrogen and oxygen atoms in total. The van der Waals surface area contributed by atoms with Crippen LogP contribution < -0.4 is 5.73 Å². The number of nitrogens with zero attached hydrogens (tertiary/aromatic N) is 1. The van der Waals surface area contributed by atoms with Gasteiger partial charge in [0.1, 0.15) is 0 Å². The van der Waals surface area contributed by atoms with Gasteiger partial charge in [-0.1, -0.05) is 0 Å². The van der Waals surface area contributed by atoms with Crippen LogP contribution in [0.1, 0.15) is 16.9 Å². The molecule has 1 aromatic heterocycles. The van der Waals surface area contributed by atoms with Crippen LogP contribution in [0.25, 0.3) is 0 Å². The lowest BCUT2D eigenvalue weighted by molar-refractivity contribution is 0.320. The summed E-state index contributed by atoms with van der Waals surface area (Å²) < 4.78 is 0. The van der Waals surface area contributed by atoms with E-state index in [1.54, 1.807) is 0 Å². The first-order valence-electron chi connectivity index (χ1n) is 5.25. The van der Waals surface area contributed by atoms with Gasteiger partial charge in [0.05, 0.1) is 0 Å². The number of hydrogen-bond acceptors (Lipinski definition) is 3. The van der Waals surface area contributed by atoms with Gasteiger partial charge in [-0.25, -0.2) is 0 Å². The Labute approximate surface area is 89.7 Å². The van der Waals surface area contributed by atoms with Gasteiger partial charge < -0.3 is 5.73 Å². The Bertz CT molecular complexity index is 295. The summed E-state index contributed by atoms with van der Waals surface area (Å²) in [5.41, 5.74) is 7.11. The van der Waals surface area contributed by atoms with Gasteiger partial charge in [0.25, 0.3) is 0 Å². The van der Waals surface area contributed by atoms with Crippen molar-refractivity contribution in [1.82, 2.24) is 4.90 Å². The second kappa shape index (κ2) is 4.43. The number of aryl methyl sites for hydroxylation is 1. The number of rotatable bonds is 3. The summed E-state index contributed by atoms with van der Waals surface area (Å²) in [5, 5.41) is 2.18. The van der Waals surface area contributed by atoms with E-state index in [1.165, 1.54) is 30.0 Å². The summed E-state index contributed by atoms with van der Waals surface area (Å²) in [6, 6.07) is 2.20. The van der Waals surface area contributed by atoms with Crippen molar-refractivity contribution in [2.75, 3.05) is 19.6 Å². The van der Waals surface area contributed by atoms with Gasteiger partial charge in [0, 0.05) is 18.0 Å². The summed E-state index contributed by atoms with van der Waals surface area (Å²) in [6.45, 7) is 6.58. The molecule has 1 aliphatic rings. The number of hydrogen-bond donors (Lipinski definition) is 1. The van der Waals surface area contributed by atoms with Crippen LogP contribution in [0.15, 0.2) is 11.4 Å². The van der Waals surface area contributed by atoms with Crippen LogP contribution in [0, 0.1) is 12.8 Å². The fourth-order valence-electron chi connectivity index (χ4n) is 2.02. The first-order valence-corrected chi connectivity index (χ1v) is 6.13. The van der Waals surface area contributed by atoms with Crippen molar-refractivity contribution >= 4 is 11.3 Å². The highest BCUT2D eigenvalue weighted by atomic mass is 32.1. The van der Waals surface area contributed by atoms with Gasteiger partial charge in [-0.2, -0.15) is 0 Å². The van der Waals surface area contributed by atoms with Crippen molar-refractivity contribution in [1.29, 1.82) is 0 Å². The molecule has 0 aliphatic carbocycles. The Morgan fingerprint density at radius 3 is 3.07 bits per heavy atom. The Hall–Kier alpha value is -0.380. The molecule has 2 heterocycles. The van der Waals surface area contributed by atoms with Gasteiger partial charge in [0.2, 0.25) is 0 Å². The van der Waals surface area contributed by atoms with E-state index in [4.69, 9.17) is 5.73 Å². The molecule has 2 N–H and O–H groups in total. The third kappa shape index (κ3) is 2.16.